The minimum Gasteiger partial charge on any atom is -0.363 e. The van der Waals surface area contributed by atoms with Crippen LogP contribution in [0.25, 0.3) is 0 Å². The van der Waals surface area contributed by atoms with Crippen molar-refractivity contribution in [3.8, 4) is 0 Å². The van der Waals surface area contributed by atoms with E-state index in [9.17, 15) is 0 Å². The summed E-state index contributed by atoms with van der Waals surface area (Å²) in [6.45, 7) is 0. The Morgan fingerprint density at radius 2 is 1.65 bits per heavy atom. The zero-order valence-corrected chi connectivity index (χ0v) is 11.1. The van der Waals surface area contributed by atoms with Gasteiger partial charge in [-0.05, 0) is 12.8 Å². The lowest BCUT2D eigenvalue weighted by Crippen LogP contribution is -2.34. The average molecular weight is 234 g/mol. The van der Waals surface area contributed by atoms with E-state index in [2.05, 4.69) is 28.0 Å². The zero-order chi connectivity index (χ0) is 12.3. The molecule has 0 radical (unpaired) electrons. The topological polar surface area (TPSA) is 32.3 Å². The van der Waals surface area contributed by atoms with Gasteiger partial charge in [0.25, 0.3) is 0 Å². The second-order valence-electron chi connectivity index (χ2n) is 5.03. The minimum atomic E-state index is 0.647. The molecule has 0 atom stereocenters. The first-order chi connectivity index (χ1) is 8.18. The molecule has 0 aliphatic heterocycles. The predicted octanol–water partition coefficient (Wildman–Crippen LogP) is 2.31. The third-order valence-corrected chi connectivity index (χ3v) is 3.58. The number of rotatable bonds is 3. The fourth-order valence-corrected chi connectivity index (χ4v) is 2.43. The molecule has 0 spiro atoms. The molecule has 94 valence electrons. The minimum absolute atomic E-state index is 0.647. The maximum absolute atomic E-state index is 4.39. The SMILES string of the molecule is CN(C)c1cc(N(C)C2CCCCC2)ncn1. The molecule has 1 aromatic heterocycles. The first-order valence-corrected chi connectivity index (χ1v) is 6.40. The molecule has 0 saturated heterocycles. The molecule has 0 aromatic carbocycles. The second kappa shape index (κ2) is 5.34. The van der Waals surface area contributed by atoms with Gasteiger partial charge < -0.3 is 9.80 Å². The summed E-state index contributed by atoms with van der Waals surface area (Å²) in [6.07, 6.45) is 8.32. The van der Waals surface area contributed by atoms with Crippen molar-refractivity contribution in [2.24, 2.45) is 0 Å². The molecule has 0 bridgehead atoms. The van der Waals surface area contributed by atoms with Gasteiger partial charge in [0.15, 0.2) is 0 Å². The van der Waals surface area contributed by atoms with Crippen molar-refractivity contribution < 1.29 is 0 Å². The number of nitrogens with zero attached hydrogens (tertiary/aromatic N) is 4. The molecule has 1 saturated carbocycles. The molecule has 4 heteroatoms. The van der Waals surface area contributed by atoms with Crippen LogP contribution in [0.5, 0.6) is 0 Å². The summed E-state index contributed by atoms with van der Waals surface area (Å²) in [7, 11) is 6.16. The molecule has 0 N–H and O–H groups in total. The average Bonchev–Trinajstić information content (AvgIpc) is 2.39. The Kier molecular flexibility index (Phi) is 3.82. The van der Waals surface area contributed by atoms with Gasteiger partial charge in [0.1, 0.15) is 18.0 Å². The summed E-state index contributed by atoms with van der Waals surface area (Å²) in [5, 5.41) is 0. The summed E-state index contributed by atoms with van der Waals surface area (Å²) in [5.41, 5.74) is 0. The van der Waals surface area contributed by atoms with Gasteiger partial charge in [-0.2, -0.15) is 0 Å². The Labute approximate surface area is 104 Å². The lowest BCUT2D eigenvalue weighted by molar-refractivity contribution is 0.426. The van der Waals surface area contributed by atoms with Crippen LogP contribution in [-0.2, 0) is 0 Å². The maximum Gasteiger partial charge on any atom is 0.134 e. The highest BCUT2D eigenvalue weighted by Crippen LogP contribution is 2.25. The van der Waals surface area contributed by atoms with Gasteiger partial charge in [0.05, 0.1) is 0 Å². The van der Waals surface area contributed by atoms with Crippen LogP contribution < -0.4 is 9.80 Å². The molecule has 1 heterocycles. The van der Waals surface area contributed by atoms with E-state index < -0.39 is 0 Å². The predicted molar refractivity (Wildman–Crippen MR) is 71.6 cm³/mol. The molecule has 1 aliphatic rings. The van der Waals surface area contributed by atoms with Crippen LogP contribution >= 0.6 is 0 Å². The lowest BCUT2D eigenvalue weighted by atomic mass is 9.94. The summed E-state index contributed by atoms with van der Waals surface area (Å²) < 4.78 is 0. The van der Waals surface area contributed by atoms with Crippen molar-refractivity contribution in [1.82, 2.24) is 9.97 Å². The van der Waals surface area contributed by atoms with Gasteiger partial charge >= 0.3 is 0 Å². The van der Waals surface area contributed by atoms with E-state index in [1.807, 2.05) is 19.0 Å². The van der Waals surface area contributed by atoms with Gasteiger partial charge in [0, 0.05) is 33.3 Å². The standard InChI is InChI=1S/C13H22N4/c1-16(2)12-9-13(15-10-14-12)17(3)11-7-5-4-6-8-11/h9-11H,4-8H2,1-3H3. The van der Waals surface area contributed by atoms with Crippen molar-refractivity contribution in [3.63, 3.8) is 0 Å². The highest BCUT2D eigenvalue weighted by Gasteiger charge is 2.19. The van der Waals surface area contributed by atoms with Crippen LogP contribution in [0.4, 0.5) is 11.6 Å². The summed E-state index contributed by atoms with van der Waals surface area (Å²) in [5.74, 6) is 2.01. The number of aromatic nitrogens is 2. The largest absolute Gasteiger partial charge is 0.363 e. The van der Waals surface area contributed by atoms with Crippen molar-refractivity contribution in [2.45, 2.75) is 38.1 Å². The summed E-state index contributed by atoms with van der Waals surface area (Å²) in [4.78, 5) is 13.0. The molecule has 0 unspecified atom stereocenters. The highest BCUT2D eigenvalue weighted by molar-refractivity contribution is 5.49. The molecule has 17 heavy (non-hydrogen) atoms. The molecule has 1 aliphatic carbocycles. The first kappa shape index (κ1) is 12.1. The fourth-order valence-electron chi connectivity index (χ4n) is 2.43. The Bertz CT molecular complexity index is 358. The Morgan fingerprint density at radius 1 is 1.00 bits per heavy atom. The highest BCUT2D eigenvalue weighted by atomic mass is 15.2. The fraction of sp³-hybridized carbons (Fsp3) is 0.692. The van der Waals surface area contributed by atoms with E-state index in [-0.39, 0.29) is 0 Å². The third-order valence-electron chi connectivity index (χ3n) is 3.58. The molecule has 1 aromatic rings. The van der Waals surface area contributed by atoms with Gasteiger partial charge in [-0.25, -0.2) is 9.97 Å². The Hall–Kier alpha value is -1.32. The summed E-state index contributed by atoms with van der Waals surface area (Å²) >= 11 is 0. The molecule has 2 rings (SSSR count). The summed E-state index contributed by atoms with van der Waals surface area (Å²) in [6, 6.07) is 2.71. The number of hydrogen-bond donors (Lipinski definition) is 0. The van der Waals surface area contributed by atoms with Gasteiger partial charge in [0.2, 0.25) is 0 Å². The van der Waals surface area contributed by atoms with E-state index in [1.54, 1.807) is 6.33 Å². The Balaban J connectivity index is 2.12. The monoisotopic (exact) mass is 234 g/mol. The van der Waals surface area contributed by atoms with Gasteiger partial charge in [-0.15, -0.1) is 0 Å². The molecule has 0 amide bonds. The molecule has 4 nitrogen and oxygen atoms in total. The van der Waals surface area contributed by atoms with Crippen LogP contribution in [-0.4, -0.2) is 37.2 Å². The van der Waals surface area contributed by atoms with Crippen LogP contribution in [0.2, 0.25) is 0 Å². The molecular weight excluding hydrogens is 212 g/mol. The van der Waals surface area contributed by atoms with E-state index >= 15 is 0 Å². The third kappa shape index (κ3) is 2.87. The van der Waals surface area contributed by atoms with Crippen LogP contribution in [0.1, 0.15) is 32.1 Å². The van der Waals surface area contributed by atoms with Crippen molar-refractivity contribution in [3.05, 3.63) is 12.4 Å². The van der Waals surface area contributed by atoms with E-state index in [0.717, 1.165) is 11.6 Å². The van der Waals surface area contributed by atoms with Gasteiger partial charge in [-0.3, -0.25) is 0 Å². The van der Waals surface area contributed by atoms with Crippen molar-refractivity contribution >= 4 is 11.6 Å². The van der Waals surface area contributed by atoms with Crippen LogP contribution in [0, 0.1) is 0 Å². The van der Waals surface area contributed by atoms with Crippen LogP contribution in [0.15, 0.2) is 12.4 Å². The second-order valence-corrected chi connectivity index (χ2v) is 5.03. The van der Waals surface area contributed by atoms with E-state index in [0.29, 0.717) is 6.04 Å². The number of anilines is 2. The quantitative estimate of drug-likeness (QED) is 0.803. The van der Waals surface area contributed by atoms with Crippen LogP contribution in [0.3, 0.4) is 0 Å². The van der Waals surface area contributed by atoms with Crippen molar-refractivity contribution in [1.29, 1.82) is 0 Å². The van der Waals surface area contributed by atoms with Gasteiger partial charge in [-0.1, -0.05) is 19.3 Å². The number of hydrogen-bond acceptors (Lipinski definition) is 4. The molecular formula is C13H22N4. The molecule has 1 fully saturated rings. The van der Waals surface area contributed by atoms with E-state index in [1.165, 1.54) is 32.1 Å². The van der Waals surface area contributed by atoms with E-state index in [4.69, 9.17) is 0 Å². The first-order valence-electron chi connectivity index (χ1n) is 6.40. The zero-order valence-electron chi connectivity index (χ0n) is 11.1. The van der Waals surface area contributed by atoms with Crippen molar-refractivity contribution in [2.75, 3.05) is 30.9 Å². The lowest BCUT2D eigenvalue weighted by Gasteiger charge is -2.32. The normalized spacial score (nSPS) is 16.9. The Morgan fingerprint density at radius 3 is 2.29 bits per heavy atom. The smallest absolute Gasteiger partial charge is 0.134 e. The maximum atomic E-state index is 4.39.